The van der Waals surface area contributed by atoms with Crippen molar-refractivity contribution in [1.82, 2.24) is 10.6 Å². The molecular weight excluding hydrogens is 432 g/mol. The van der Waals surface area contributed by atoms with E-state index in [0.29, 0.717) is 25.8 Å². The molecule has 0 heterocycles. The van der Waals surface area contributed by atoms with Gasteiger partial charge in [-0.15, -0.1) is 0 Å². The van der Waals surface area contributed by atoms with Gasteiger partial charge in [-0.05, 0) is 47.4 Å². The second-order valence-corrected chi connectivity index (χ2v) is 8.72. The Morgan fingerprint density at radius 1 is 0.941 bits per heavy atom. The van der Waals surface area contributed by atoms with Crippen LogP contribution in [0.3, 0.4) is 0 Å². The van der Waals surface area contributed by atoms with Crippen molar-refractivity contribution < 1.29 is 24.2 Å². The van der Waals surface area contributed by atoms with Crippen LogP contribution in [0.1, 0.15) is 63.0 Å². The molecule has 3 rings (SSSR count). The van der Waals surface area contributed by atoms with Crippen LogP contribution in [0.15, 0.2) is 48.5 Å². The van der Waals surface area contributed by atoms with E-state index in [9.17, 15) is 14.4 Å². The van der Waals surface area contributed by atoms with Crippen LogP contribution in [0, 0.1) is 5.92 Å². The highest BCUT2D eigenvalue weighted by Gasteiger charge is 2.29. The Balaban J connectivity index is 1.49. The van der Waals surface area contributed by atoms with Gasteiger partial charge in [-0.1, -0.05) is 68.8 Å². The Bertz CT molecular complexity index is 961. The first-order valence-electron chi connectivity index (χ1n) is 12.1. The van der Waals surface area contributed by atoms with Crippen molar-refractivity contribution in [3.63, 3.8) is 0 Å². The van der Waals surface area contributed by atoms with Crippen LogP contribution in [0.4, 0.5) is 4.79 Å². The molecule has 2 aromatic rings. The third-order valence-corrected chi connectivity index (χ3v) is 6.56. The summed E-state index contributed by atoms with van der Waals surface area (Å²) in [4.78, 5) is 35.8. The van der Waals surface area contributed by atoms with E-state index in [0.717, 1.165) is 28.7 Å². The van der Waals surface area contributed by atoms with Crippen LogP contribution in [0.25, 0.3) is 11.1 Å². The molecule has 0 aromatic heterocycles. The number of hydrogen-bond acceptors (Lipinski definition) is 4. The maximum absolute atomic E-state index is 12.6. The van der Waals surface area contributed by atoms with Crippen molar-refractivity contribution in [3.05, 3.63) is 59.7 Å². The number of carboxylic acid groups (broad SMARTS) is 1. The SMILES string of the molecule is CCC(CCNC(=O)C(CC)NC(=O)OCC1c2ccccc2-c2ccccc21)CCC(=O)O. The van der Waals surface area contributed by atoms with Crippen molar-refractivity contribution in [3.8, 4) is 11.1 Å². The minimum Gasteiger partial charge on any atom is -0.481 e. The Labute approximate surface area is 200 Å². The number of benzene rings is 2. The molecule has 0 saturated heterocycles. The molecule has 0 radical (unpaired) electrons. The van der Waals surface area contributed by atoms with Gasteiger partial charge in [0.2, 0.25) is 5.91 Å². The summed E-state index contributed by atoms with van der Waals surface area (Å²) in [5.41, 5.74) is 4.59. The Morgan fingerprint density at radius 3 is 2.12 bits per heavy atom. The normalized spacial score (nSPS) is 13.9. The number of carbonyl (C=O) groups is 3. The van der Waals surface area contributed by atoms with Crippen LogP contribution in [-0.4, -0.2) is 42.3 Å². The number of aliphatic carboxylic acids is 1. The fourth-order valence-electron chi connectivity index (χ4n) is 4.54. The highest BCUT2D eigenvalue weighted by atomic mass is 16.5. The maximum Gasteiger partial charge on any atom is 0.407 e. The fraction of sp³-hybridized carbons (Fsp3) is 0.444. The summed E-state index contributed by atoms with van der Waals surface area (Å²) in [5.74, 6) is -0.861. The molecule has 0 saturated carbocycles. The second kappa shape index (κ2) is 12.2. The lowest BCUT2D eigenvalue weighted by Gasteiger charge is -2.19. The minimum absolute atomic E-state index is 0.0381. The van der Waals surface area contributed by atoms with Gasteiger partial charge in [0.05, 0.1) is 0 Å². The zero-order chi connectivity index (χ0) is 24.5. The molecule has 1 aliphatic carbocycles. The molecule has 2 amide bonds. The summed E-state index contributed by atoms with van der Waals surface area (Å²) in [6.45, 7) is 4.48. The molecule has 182 valence electrons. The number of alkyl carbamates (subject to hydrolysis) is 1. The van der Waals surface area contributed by atoms with Gasteiger partial charge < -0.3 is 20.5 Å². The lowest BCUT2D eigenvalue weighted by molar-refractivity contribution is -0.137. The summed E-state index contributed by atoms with van der Waals surface area (Å²) in [5, 5.41) is 14.4. The molecule has 0 spiro atoms. The van der Waals surface area contributed by atoms with E-state index in [4.69, 9.17) is 9.84 Å². The van der Waals surface area contributed by atoms with Crippen molar-refractivity contribution in [2.24, 2.45) is 5.92 Å². The van der Waals surface area contributed by atoms with Gasteiger partial charge in [0.25, 0.3) is 0 Å². The molecule has 0 fully saturated rings. The van der Waals surface area contributed by atoms with Gasteiger partial charge in [0, 0.05) is 18.9 Å². The Morgan fingerprint density at radius 2 is 1.56 bits per heavy atom. The smallest absolute Gasteiger partial charge is 0.407 e. The van der Waals surface area contributed by atoms with Gasteiger partial charge in [0.15, 0.2) is 0 Å². The van der Waals surface area contributed by atoms with Crippen molar-refractivity contribution in [2.75, 3.05) is 13.2 Å². The van der Waals surface area contributed by atoms with E-state index in [1.165, 1.54) is 0 Å². The fourth-order valence-corrected chi connectivity index (χ4v) is 4.54. The predicted octanol–water partition coefficient (Wildman–Crippen LogP) is 4.70. The van der Waals surface area contributed by atoms with E-state index in [1.54, 1.807) is 0 Å². The molecule has 2 unspecified atom stereocenters. The van der Waals surface area contributed by atoms with Gasteiger partial charge in [-0.25, -0.2) is 4.79 Å². The largest absolute Gasteiger partial charge is 0.481 e. The van der Waals surface area contributed by atoms with Crippen LogP contribution < -0.4 is 10.6 Å². The number of carbonyl (C=O) groups excluding carboxylic acids is 2. The third-order valence-electron chi connectivity index (χ3n) is 6.56. The molecule has 7 nitrogen and oxygen atoms in total. The maximum atomic E-state index is 12.6. The van der Waals surface area contributed by atoms with Crippen molar-refractivity contribution in [1.29, 1.82) is 0 Å². The topological polar surface area (TPSA) is 105 Å². The first kappa shape index (κ1) is 25.3. The molecular formula is C27H34N2O5. The molecule has 34 heavy (non-hydrogen) atoms. The number of hydrogen-bond donors (Lipinski definition) is 3. The monoisotopic (exact) mass is 466 g/mol. The van der Waals surface area contributed by atoms with Crippen molar-refractivity contribution in [2.45, 2.75) is 57.9 Å². The zero-order valence-electron chi connectivity index (χ0n) is 19.9. The molecule has 1 aliphatic rings. The van der Waals surface area contributed by atoms with E-state index >= 15 is 0 Å². The summed E-state index contributed by atoms with van der Waals surface area (Å²) in [7, 11) is 0. The van der Waals surface area contributed by atoms with Gasteiger partial charge >= 0.3 is 12.1 Å². The number of nitrogens with one attached hydrogen (secondary N) is 2. The molecule has 2 atom stereocenters. The van der Waals surface area contributed by atoms with Crippen LogP contribution >= 0.6 is 0 Å². The first-order chi connectivity index (χ1) is 16.4. The summed E-state index contributed by atoms with van der Waals surface area (Å²) < 4.78 is 5.55. The van der Waals surface area contributed by atoms with Crippen LogP contribution in [0.5, 0.6) is 0 Å². The number of amides is 2. The van der Waals surface area contributed by atoms with Gasteiger partial charge in [-0.2, -0.15) is 0 Å². The molecule has 0 aliphatic heterocycles. The number of carboxylic acids is 1. The van der Waals surface area contributed by atoms with Crippen LogP contribution in [-0.2, 0) is 14.3 Å². The molecule has 2 aromatic carbocycles. The molecule has 7 heteroatoms. The number of ether oxygens (including phenoxy) is 1. The second-order valence-electron chi connectivity index (χ2n) is 8.72. The molecule has 0 bridgehead atoms. The lowest BCUT2D eigenvalue weighted by atomic mass is 9.96. The molecule has 3 N–H and O–H groups in total. The lowest BCUT2D eigenvalue weighted by Crippen LogP contribution is -2.47. The Hall–Kier alpha value is -3.35. The quantitative estimate of drug-likeness (QED) is 0.421. The third kappa shape index (κ3) is 6.37. The minimum atomic E-state index is -0.805. The zero-order valence-corrected chi connectivity index (χ0v) is 19.9. The van der Waals surface area contributed by atoms with E-state index in [-0.39, 0.29) is 30.8 Å². The average Bonchev–Trinajstić information content (AvgIpc) is 3.16. The highest BCUT2D eigenvalue weighted by Crippen LogP contribution is 2.44. The Kier molecular flexibility index (Phi) is 9.08. The number of rotatable bonds is 12. The van der Waals surface area contributed by atoms with Gasteiger partial charge in [-0.3, -0.25) is 9.59 Å². The van der Waals surface area contributed by atoms with E-state index in [2.05, 4.69) is 34.9 Å². The standard InChI is InChI=1S/C27H34N2O5/c1-3-18(13-14-25(30)31)15-16-28-26(32)24(4-2)29-27(33)34-17-23-21-11-7-5-9-19(21)20-10-6-8-12-22(20)23/h5-12,18,23-24H,3-4,13-17H2,1-2H3,(H,28,32)(H,29,33)(H,30,31). The van der Waals surface area contributed by atoms with E-state index < -0.39 is 18.1 Å². The summed E-state index contributed by atoms with van der Waals surface area (Å²) >= 11 is 0. The van der Waals surface area contributed by atoms with Crippen molar-refractivity contribution >= 4 is 18.0 Å². The highest BCUT2D eigenvalue weighted by molar-refractivity contribution is 5.85. The number of fused-ring (bicyclic) bond motifs is 3. The average molecular weight is 467 g/mol. The first-order valence-corrected chi connectivity index (χ1v) is 12.1. The predicted molar refractivity (Wildman–Crippen MR) is 131 cm³/mol. The summed E-state index contributed by atoms with van der Waals surface area (Å²) in [6.07, 6.45) is 2.11. The van der Waals surface area contributed by atoms with E-state index in [1.807, 2.05) is 38.1 Å². The van der Waals surface area contributed by atoms with Gasteiger partial charge in [0.1, 0.15) is 12.6 Å². The summed E-state index contributed by atoms with van der Waals surface area (Å²) in [6, 6.07) is 15.6. The van der Waals surface area contributed by atoms with Crippen LogP contribution in [0.2, 0.25) is 0 Å².